The molecule has 2 aromatic rings. The van der Waals surface area contributed by atoms with Crippen LogP contribution < -0.4 is 5.43 Å². The zero-order valence-corrected chi connectivity index (χ0v) is 15.7. The van der Waals surface area contributed by atoms with Crippen LogP contribution in [0.15, 0.2) is 39.5 Å². The van der Waals surface area contributed by atoms with E-state index in [0.29, 0.717) is 11.0 Å². The molecule has 3 heterocycles. The third-order valence-corrected chi connectivity index (χ3v) is 6.52. The van der Waals surface area contributed by atoms with Gasteiger partial charge in [0.2, 0.25) is 0 Å². The lowest BCUT2D eigenvalue weighted by molar-refractivity contribution is 0.0657. The Labute approximate surface area is 158 Å². The quantitative estimate of drug-likeness (QED) is 0.837. The molecule has 0 N–H and O–H groups in total. The summed E-state index contributed by atoms with van der Waals surface area (Å²) in [5.74, 6) is 0.932. The van der Waals surface area contributed by atoms with Crippen molar-refractivity contribution < 1.29 is 9.21 Å². The number of amides is 1. The van der Waals surface area contributed by atoms with E-state index in [0.717, 1.165) is 32.0 Å². The Morgan fingerprint density at radius 3 is 2.85 bits per heavy atom. The number of nitrogens with zero attached hydrogens (tertiary/aromatic N) is 2. The van der Waals surface area contributed by atoms with Crippen molar-refractivity contribution in [2.45, 2.75) is 32.1 Å². The van der Waals surface area contributed by atoms with E-state index in [2.05, 4.69) is 4.90 Å². The summed E-state index contributed by atoms with van der Waals surface area (Å²) in [6, 6.07) is 8.46. The molecule has 1 spiro atoms. The van der Waals surface area contributed by atoms with Crippen molar-refractivity contribution in [3.8, 4) is 0 Å². The van der Waals surface area contributed by atoms with Crippen molar-refractivity contribution in [3.05, 3.63) is 46.3 Å². The van der Waals surface area contributed by atoms with Gasteiger partial charge in [-0.15, -0.1) is 0 Å². The van der Waals surface area contributed by atoms with Gasteiger partial charge in [-0.25, -0.2) is 0 Å². The summed E-state index contributed by atoms with van der Waals surface area (Å²) < 4.78 is 5.77. The summed E-state index contributed by atoms with van der Waals surface area (Å²) in [5, 5.41) is 0.523. The first-order chi connectivity index (χ1) is 13.1. The highest BCUT2D eigenvalue weighted by molar-refractivity contribution is 5.93. The average Bonchev–Trinajstić information content (AvgIpc) is 3.40. The molecule has 1 aromatic heterocycles. The van der Waals surface area contributed by atoms with Crippen LogP contribution in [0.5, 0.6) is 0 Å². The number of fused-ring (bicyclic) bond motifs is 1. The van der Waals surface area contributed by atoms with Gasteiger partial charge < -0.3 is 14.2 Å². The molecule has 5 nitrogen and oxygen atoms in total. The van der Waals surface area contributed by atoms with Gasteiger partial charge in [0, 0.05) is 37.7 Å². The van der Waals surface area contributed by atoms with Crippen molar-refractivity contribution in [1.29, 1.82) is 0 Å². The maximum atomic E-state index is 13.0. The summed E-state index contributed by atoms with van der Waals surface area (Å²) in [7, 11) is 0. The second-order valence-corrected chi connectivity index (χ2v) is 8.73. The Bertz CT molecular complexity index is 933. The van der Waals surface area contributed by atoms with Crippen LogP contribution in [0.4, 0.5) is 0 Å². The van der Waals surface area contributed by atoms with Crippen LogP contribution in [0.25, 0.3) is 11.0 Å². The molecule has 3 aliphatic rings. The van der Waals surface area contributed by atoms with Crippen LogP contribution in [0, 0.1) is 11.3 Å². The second kappa shape index (κ2) is 6.48. The van der Waals surface area contributed by atoms with Gasteiger partial charge in [-0.2, -0.15) is 0 Å². The molecule has 5 heteroatoms. The average molecular weight is 366 g/mol. The standard InChI is InChI=1S/C22H26N2O3/c25-18-12-20(27-19-5-2-1-4-17(18)19)21(26)24-11-9-22(15-24)8-3-10-23(14-22)13-16-6-7-16/h1-2,4-5,12,16H,3,6-11,13-15H2. The van der Waals surface area contributed by atoms with E-state index in [1.165, 1.54) is 44.8 Å². The van der Waals surface area contributed by atoms with Crippen molar-refractivity contribution in [2.24, 2.45) is 11.3 Å². The van der Waals surface area contributed by atoms with E-state index >= 15 is 0 Å². The Kier molecular flexibility index (Phi) is 4.08. The van der Waals surface area contributed by atoms with Gasteiger partial charge in [0.15, 0.2) is 11.2 Å². The van der Waals surface area contributed by atoms with Gasteiger partial charge in [-0.05, 0) is 56.7 Å². The second-order valence-electron chi connectivity index (χ2n) is 8.73. The van der Waals surface area contributed by atoms with Crippen LogP contribution in [-0.4, -0.2) is 48.4 Å². The topological polar surface area (TPSA) is 53.8 Å². The molecular weight excluding hydrogens is 340 g/mol. The lowest BCUT2D eigenvalue weighted by Gasteiger charge is -2.40. The Morgan fingerprint density at radius 1 is 1.15 bits per heavy atom. The van der Waals surface area contributed by atoms with Crippen molar-refractivity contribution in [1.82, 2.24) is 9.80 Å². The van der Waals surface area contributed by atoms with Crippen molar-refractivity contribution in [3.63, 3.8) is 0 Å². The lowest BCUT2D eigenvalue weighted by atomic mass is 9.79. The number of benzene rings is 1. The molecule has 1 amide bonds. The van der Waals surface area contributed by atoms with E-state index in [1.807, 2.05) is 11.0 Å². The minimum absolute atomic E-state index is 0.144. The third kappa shape index (κ3) is 3.29. The SMILES string of the molecule is O=C(c1cc(=O)c2ccccc2o1)N1CCC2(CCCN(CC3CC3)C2)C1. The monoisotopic (exact) mass is 366 g/mol. The molecule has 0 radical (unpaired) electrons. The molecule has 1 atom stereocenters. The molecule has 0 bridgehead atoms. The molecule has 1 saturated carbocycles. The molecule has 1 unspecified atom stereocenters. The minimum Gasteiger partial charge on any atom is -0.451 e. The van der Waals surface area contributed by atoms with E-state index < -0.39 is 0 Å². The highest BCUT2D eigenvalue weighted by atomic mass is 16.3. The first-order valence-electron chi connectivity index (χ1n) is 10.2. The molecule has 5 rings (SSSR count). The van der Waals surface area contributed by atoms with Gasteiger partial charge in [0.25, 0.3) is 5.91 Å². The maximum absolute atomic E-state index is 13.0. The van der Waals surface area contributed by atoms with Crippen LogP contribution >= 0.6 is 0 Å². The highest BCUT2D eigenvalue weighted by Crippen LogP contribution is 2.41. The summed E-state index contributed by atoms with van der Waals surface area (Å²) >= 11 is 0. The van der Waals surface area contributed by atoms with Crippen LogP contribution in [0.1, 0.15) is 42.7 Å². The zero-order chi connectivity index (χ0) is 18.4. The number of likely N-dealkylation sites (tertiary alicyclic amines) is 2. The zero-order valence-electron chi connectivity index (χ0n) is 15.7. The van der Waals surface area contributed by atoms with Crippen molar-refractivity contribution >= 4 is 16.9 Å². The van der Waals surface area contributed by atoms with Gasteiger partial charge in [0.1, 0.15) is 5.58 Å². The first-order valence-corrected chi connectivity index (χ1v) is 10.2. The largest absolute Gasteiger partial charge is 0.451 e. The fourth-order valence-electron chi connectivity index (χ4n) is 4.94. The van der Waals surface area contributed by atoms with Crippen LogP contribution in [-0.2, 0) is 0 Å². The number of hydrogen-bond donors (Lipinski definition) is 0. The Morgan fingerprint density at radius 2 is 2.00 bits per heavy atom. The van der Waals surface area contributed by atoms with Gasteiger partial charge >= 0.3 is 0 Å². The van der Waals surface area contributed by atoms with Crippen LogP contribution in [0.2, 0.25) is 0 Å². The molecule has 1 aromatic carbocycles. The fraction of sp³-hybridized carbons (Fsp3) is 0.545. The molecule has 2 aliphatic heterocycles. The summed E-state index contributed by atoms with van der Waals surface area (Å²) in [6.45, 7) is 5.08. The van der Waals surface area contributed by atoms with E-state index in [-0.39, 0.29) is 22.5 Å². The summed E-state index contributed by atoms with van der Waals surface area (Å²) in [6.07, 6.45) is 6.24. The minimum atomic E-state index is -0.151. The summed E-state index contributed by atoms with van der Waals surface area (Å²) in [4.78, 5) is 29.9. The Balaban J connectivity index is 1.33. The van der Waals surface area contributed by atoms with E-state index in [9.17, 15) is 9.59 Å². The number of piperidine rings is 1. The third-order valence-electron chi connectivity index (χ3n) is 6.52. The number of carbonyl (C=O) groups excluding carboxylic acids is 1. The number of para-hydroxylation sites is 1. The predicted octanol–water partition coefficient (Wildman–Crippen LogP) is 3.13. The highest BCUT2D eigenvalue weighted by Gasteiger charge is 2.44. The van der Waals surface area contributed by atoms with Gasteiger partial charge in [0.05, 0.1) is 5.39 Å². The number of hydrogen-bond acceptors (Lipinski definition) is 4. The number of carbonyl (C=O) groups is 1. The first kappa shape index (κ1) is 17.0. The van der Waals surface area contributed by atoms with Crippen LogP contribution in [0.3, 0.4) is 0 Å². The predicted molar refractivity (Wildman–Crippen MR) is 104 cm³/mol. The lowest BCUT2D eigenvalue weighted by Crippen LogP contribution is -2.46. The fourth-order valence-corrected chi connectivity index (χ4v) is 4.94. The summed E-state index contributed by atoms with van der Waals surface area (Å²) in [5.41, 5.74) is 0.554. The molecule has 3 fully saturated rings. The molecule has 142 valence electrons. The number of rotatable bonds is 3. The maximum Gasteiger partial charge on any atom is 0.289 e. The van der Waals surface area contributed by atoms with E-state index in [4.69, 9.17) is 4.42 Å². The van der Waals surface area contributed by atoms with E-state index in [1.54, 1.807) is 18.2 Å². The molecule has 1 aliphatic carbocycles. The smallest absolute Gasteiger partial charge is 0.289 e. The molecule has 2 saturated heterocycles. The van der Waals surface area contributed by atoms with Gasteiger partial charge in [-0.3, -0.25) is 9.59 Å². The molecule has 27 heavy (non-hydrogen) atoms. The van der Waals surface area contributed by atoms with Gasteiger partial charge in [-0.1, -0.05) is 12.1 Å². The molecular formula is C22H26N2O3. The normalized spacial score (nSPS) is 26.1. The Hall–Kier alpha value is -2.14. The van der Waals surface area contributed by atoms with Crippen molar-refractivity contribution in [2.75, 3.05) is 32.7 Å².